The molecule has 0 bridgehead atoms. The number of H-pyrrole nitrogens is 1. The number of hydrogen-bond donors (Lipinski definition) is 1. The van der Waals surface area contributed by atoms with Gasteiger partial charge in [-0.2, -0.15) is 0 Å². The van der Waals surface area contributed by atoms with E-state index in [1.165, 1.54) is 0 Å². The molecule has 0 aliphatic heterocycles. The second kappa shape index (κ2) is 5.07. The number of hydrogen-bond acceptors (Lipinski definition) is 3. The largest absolute Gasteiger partial charge is 0.329 e. The Labute approximate surface area is 126 Å². The van der Waals surface area contributed by atoms with Crippen molar-refractivity contribution >= 4 is 21.7 Å². The van der Waals surface area contributed by atoms with Gasteiger partial charge in [0.25, 0.3) is 5.56 Å². The molecule has 22 heavy (non-hydrogen) atoms. The van der Waals surface area contributed by atoms with Gasteiger partial charge in [0, 0.05) is 40.9 Å². The normalized spacial score (nSPS) is 11.1. The van der Waals surface area contributed by atoms with E-state index >= 15 is 0 Å². The molecule has 3 heterocycles. The minimum absolute atomic E-state index is 0.0857. The smallest absolute Gasteiger partial charge is 0.255 e. The van der Waals surface area contributed by atoms with Gasteiger partial charge in [0.05, 0.1) is 5.52 Å². The first-order valence-electron chi connectivity index (χ1n) is 7.10. The van der Waals surface area contributed by atoms with Crippen LogP contribution in [-0.2, 0) is 6.42 Å². The average molecular weight is 287 g/mol. The lowest BCUT2D eigenvalue weighted by atomic mass is 9.97. The van der Waals surface area contributed by atoms with Crippen LogP contribution < -0.4 is 5.56 Å². The summed E-state index contributed by atoms with van der Waals surface area (Å²) in [5, 5.41) is 2.63. The highest BCUT2D eigenvalue weighted by Gasteiger charge is 2.10. The predicted molar refractivity (Wildman–Crippen MR) is 86.9 cm³/mol. The van der Waals surface area contributed by atoms with Crippen molar-refractivity contribution in [2.24, 2.45) is 0 Å². The zero-order chi connectivity index (χ0) is 14.9. The Hall–Kier alpha value is -3.01. The van der Waals surface area contributed by atoms with E-state index in [1.54, 1.807) is 18.6 Å². The summed E-state index contributed by atoms with van der Waals surface area (Å²) < 4.78 is 0. The Balaban J connectivity index is 2.04. The van der Waals surface area contributed by atoms with Crippen LogP contribution in [0.5, 0.6) is 0 Å². The van der Waals surface area contributed by atoms with Gasteiger partial charge in [-0.1, -0.05) is 12.1 Å². The van der Waals surface area contributed by atoms with Crippen molar-refractivity contribution < 1.29 is 0 Å². The Morgan fingerprint density at radius 3 is 2.77 bits per heavy atom. The average Bonchev–Trinajstić information content (AvgIpc) is 2.57. The van der Waals surface area contributed by atoms with Crippen molar-refractivity contribution in [3.8, 4) is 0 Å². The molecule has 0 atom stereocenters. The maximum Gasteiger partial charge on any atom is 0.255 e. The van der Waals surface area contributed by atoms with Crippen LogP contribution >= 0.6 is 0 Å². The van der Waals surface area contributed by atoms with Gasteiger partial charge in [0.2, 0.25) is 0 Å². The Kier molecular flexibility index (Phi) is 2.93. The fourth-order valence-electron chi connectivity index (χ4n) is 2.84. The van der Waals surface area contributed by atoms with Crippen LogP contribution in [0.25, 0.3) is 21.7 Å². The highest BCUT2D eigenvalue weighted by atomic mass is 16.1. The van der Waals surface area contributed by atoms with E-state index in [4.69, 9.17) is 0 Å². The molecule has 0 fully saturated rings. The maximum absolute atomic E-state index is 12.1. The molecule has 0 aliphatic rings. The van der Waals surface area contributed by atoms with Crippen LogP contribution in [0.15, 0.2) is 66.0 Å². The molecular weight excluding hydrogens is 274 g/mol. The minimum atomic E-state index is -0.0857. The zero-order valence-corrected chi connectivity index (χ0v) is 11.8. The Bertz CT molecular complexity index is 1020. The van der Waals surface area contributed by atoms with E-state index in [0.29, 0.717) is 5.39 Å². The van der Waals surface area contributed by atoms with Crippen LogP contribution in [0.1, 0.15) is 11.1 Å². The van der Waals surface area contributed by atoms with E-state index in [2.05, 4.69) is 21.0 Å². The summed E-state index contributed by atoms with van der Waals surface area (Å²) in [5.74, 6) is 0. The molecule has 1 aromatic carbocycles. The molecule has 106 valence electrons. The van der Waals surface area contributed by atoms with Crippen molar-refractivity contribution in [2.45, 2.75) is 6.42 Å². The number of pyridine rings is 3. The second-order valence-electron chi connectivity index (χ2n) is 5.24. The van der Waals surface area contributed by atoms with Gasteiger partial charge in [0.15, 0.2) is 0 Å². The SMILES string of the molecule is O=c1[nH]ccc2c1cc(Cc1cccnc1)c1cccnc12. The third-order valence-corrected chi connectivity index (χ3v) is 3.84. The molecular formula is C18H13N3O. The fourth-order valence-corrected chi connectivity index (χ4v) is 2.84. The molecule has 0 saturated heterocycles. The first-order valence-corrected chi connectivity index (χ1v) is 7.10. The van der Waals surface area contributed by atoms with Gasteiger partial charge in [-0.25, -0.2) is 0 Å². The van der Waals surface area contributed by atoms with Crippen LogP contribution in [0.3, 0.4) is 0 Å². The monoisotopic (exact) mass is 287 g/mol. The van der Waals surface area contributed by atoms with Gasteiger partial charge < -0.3 is 4.98 Å². The van der Waals surface area contributed by atoms with E-state index in [9.17, 15) is 4.79 Å². The minimum Gasteiger partial charge on any atom is -0.329 e. The summed E-state index contributed by atoms with van der Waals surface area (Å²) >= 11 is 0. The number of benzene rings is 1. The summed E-state index contributed by atoms with van der Waals surface area (Å²) in [7, 11) is 0. The Morgan fingerprint density at radius 1 is 1.00 bits per heavy atom. The third kappa shape index (κ3) is 2.05. The molecule has 0 radical (unpaired) electrons. The van der Waals surface area contributed by atoms with Gasteiger partial charge >= 0.3 is 0 Å². The molecule has 1 N–H and O–H groups in total. The molecule has 3 aromatic heterocycles. The molecule has 0 aliphatic carbocycles. The quantitative estimate of drug-likeness (QED) is 0.576. The topological polar surface area (TPSA) is 58.6 Å². The van der Waals surface area contributed by atoms with E-state index in [0.717, 1.165) is 33.8 Å². The van der Waals surface area contributed by atoms with Crippen molar-refractivity contribution in [3.63, 3.8) is 0 Å². The number of nitrogens with one attached hydrogen (secondary N) is 1. The molecule has 4 aromatic rings. The molecule has 0 spiro atoms. The molecule has 0 unspecified atom stereocenters. The first-order chi connectivity index (χ1) is 10.8. The number of fused-ring (bicyclic) bond motifs is 3. The van der Waals surface area contributed by atoms with E-state index < -0.39 is 0 Å². The zero-order valence-electron chi connectivity index (χ0n) is 11.8. The molecule has 4 rings (SSSR count). The maximum atomic E-state index is 12.1. The molecule has 4 heteroatoms. The van der Waals surface area contributed by atoms with Crippen molar-refractivity contribution in [1.29, 1.82) is 0 Å². The second-order valence-corrected chi connectivity index (χ2v) is 5.24. The standard InChI is InChI=1S/C18H13N3O/c22-18-16-10-13(9-12-3-1-6-19-11-12)14-4-2-7-20-17(14)15(16)5-8-21-18/h1-8,10-11H,9H2,(H,21,22). The van der Waals surface area contributed by atoms with Gasteiger partial charge in [-0.15, -0.1) is 0 Å². The lowest BCUT2D eigenvalue weighted by Gasteiger charge is -2.09. The van der Waals surface area contributed by atoms with Crippen molar-refractivity contribution in [3.05, 3.63) is 82.7 Å². The lowest BCUT2D eigenvalue weighted by molar-refractivity contribution is 1.16. The van der Waals surface area contributed by atoms with Crippen molar-refractivity contribution in [1.82, 2.24) is 15.0 Å². The number of nitrogens with zero attached hydrogens (tertiary/aromatic N) is 2. The van der Waals surface area contributed by atoms with Gasteiger partial charge in [-0.05, 0) is 41.8 Å². The molecule has 0 saturated carbocycles. The van der Waals surface area contributed by atoms with E-state index in [-0.39, 0.29) is 5.56 Å². The van der Waals surface area contributed by atoms with Gasteiger partial charge in [0.1, 0.15) is 0 Å². The molecule has 0 amide bonds. The predicted octanol–water partition coefficient (Wildman–Crippen LogP) is 3.06. The summed E-state index contributed by atoms with van der Waals surface area (Å²) in [6, 6.07) is 11.8. The van der Waals surface area contributed by atoms with Gasteiger partial charge in [-0.3, -0.25) is 14.8 Å². The highest BCUT2D eigenvalue weighted by Crippen LogP contribution is 2.26. The molecule has 4 nitrogen and oxygen atoms in total. The summed E-state index contributed by atoms with van der Waals surface area (Å²) in [6.07, 6.45) is 7.76. The fraction of sp³-hybridized carbons (Fsp3) is 0.0556. The number of aromatic nitrogens is 3. The van der Waals surface area contributed by atoms with E-state index in [1.807, 2.05) is 36.5 Å². The third-order valence-electron chi connectivity index (χ3n) is 3.84. The van der Waals surface area contributed by atoms with Crippen LogP contribution in [-0.4, -0.2) is 15.0 Å². The van der Waals surface area contributed by atoms with Crippen LogP contribution in [0.4, 0.5) is 0 Å². The summed E-state index contributed by atoms with van der Waals surface area (Å²) in [5.41, 5.74) is 2.97. The lowest BCUT2D eigenvalue weighted by Crippen LogP contribution is -2.06. The van der Waals surface area contributed by atoms with Crippen molar-refractivity contribution in [2.75, 3.05) is 0 Å². The highest BCUT2D eigenvalue weighted by molar-refractivity contribution is 6.06. The number of rotatable bonds is 2. The summed E-state index contributed by atoms with van der Waals surface area (Å²) in [4.78, 5) is 23.5. The Morgan fingerprint density at radius 2 is 1.91 bits per heavy atom. The first kappa shape index (κ1) is 12.7. The van der Waals surface area contributed by atoms with Crippen LogP contribution in [0.2, 0.25) is 0 Å². The number of aromatic amines is 1. The summed E-state index contributed by atoms with van der Waals surface area (Å²) in [6.45, 7) is 0. The van der Waals surface area contributed by atoms with Crippen LogP contribution in [0, 0.1) is 0 Å².